The summed E-state index contributed by atoms with van der Waals surface area (Å²) < 4.78 is 0. The van der Waals surface area contributed by atoms with E-state index in [0.29, 0.717) is 15.7 Å². The summed E-state index contributed by atoms with van der Waals surface area (Å²) in [5.74, 6) is -0.0218. The number of nitrogens with one attached hydrogen (secondary N) is 2. The van der Waals surface area contributed by atoms with Gasteiger partial charge in [0, 0.05) is 11.6 Å². The van der Waals surface area contributed by atoms with Gasteiger partial charge in [-0.2, -0.15) is 0 Å². The van der Waals surface area contributed by atoms with Crippen molar-refractivity contribution in [3.63, 3.8) is 0 Å². The molecule has 1 amide bonds. The molecule has 0 bridgehead atoms. The fraction of sp³-hybridized carbons (Fsp3) is 0.533. The smallest absolute Gasteiger partial charge is 0.239 e. The van der Waals surface area contributed by atoms with Crippen LogP contribution >= 0.6 is 23.2 Å². The largest absolute Gasteiger partial charge is 0.375 e. The lowest BCUT2D eigenvalue weighted by molar-refractivity contribution is -0.119. The molecule has 0 aromatic heterocycles. The van der Waals surface area contributed by atoms with E-state index in [1.807, 2.05) is 0 Å². The lowest BCUT2D eigenvalue weighted by atomic mass is 10.1. The Morgan fingerprint density at radius 2 is 1.90 bits per heavy atom. The molecule has 5 heteroatoms. The topological polar surface area (TPSA) is 41.1 Å². The van der Waals surface area contributed by atoms with E-state index in [1.165, 1.54) is 25.7 Å². The molecule has 0 aliphatic heterocycles. The van der Waals surface area contributed by atoms with Gasteiger partial charge in [-0.15, -0.1) is 0 Å². The third-order valence-electron chi connectivity index (χ3n) is 2.97. The highest BCUT2D eigenvalue weighted by molar-refractivity contribution is 6.36. The number of benzene rings is 1. The first kappa shape index (κ1) is 17.1. The molecule has 0 aliphatic rings. The van der Waals surface area contributed by atoms with Gasteiger partial charge < -0.3 is 10.6 Å². The number of amides is 1. The van der Waals surface area contributed by atoms with Crippen molar-refractivity contribution in [3.05, 3.63) is 28.2 Å². The summed E-state index contributed by atoms with van der Waals surface area (Å²) in [6.45, 7) is 3.14. The predicted molar refractivity (Wildman–Crippen MR) is 86.7 cm³/mol. The Kier molecular flexibility index (Phi) is 8.47. The van der Waals surface area contributed by atoms with Crippen LogP contribution in [0, 0.1) is 0 Å². The average molecular weight is 317 g/mol. The van der Waals surface area contributed by atoms with Crippen LogP contribution in [0.3, 0.4) is 0 Å². The summed E-state index contributed by atoms with van der Waals surface area (Å²) in [6, 6.07) is 5.15. The summed E-state index contributed by atoms with van der Waals surface area (Å²) in [7, 11) is 0. The zero-order valence-corrected chi connectivity index (χ0v) is 13.4. The quantitative estimate of drug-likeness (QED) is 0.659. The highest BCUT2D eigenvalue weighted by Gasteiger charge is 2.04. The first-order valence-corrected chi connectivity index (χ1v) is 7.84. The van der Waals surface area contributed by atoms with Gasteiger partial charge in [-0.25, -0.2) is 0 Å². The lowest BCUT2D eigenvalue weighted by Crippen LogP contribution is -2.30. The molecule has 0 spiro atoms. The maximum atomic E-state index is 11.6. The van der Waals surface area contributed by atoms with E-state index < -0.39 is 0 Å². The van der Waals surface area contributed by atoms with Crippen LogP contribution in [0.15, 0.2) is 18.2 Å². The minimum Gasteiger partial charge on any atom is -0.375 e. The van der Waals surface area contributed by atoms with Gasteiger partial charge >= 0.3 is 0 Å². The summed E-state index contributed by atoms with van der Waals surface area (Å²) >= 11 is 11.8. The Morgan fingerprint density at radius 3 is 2.60 bits per heavy atom. The average Bonchev–Trinajstić information content (AvgIpc) is 2.41. The maximum absolute atomic E-state index is 11.6. The first-order chi connectivity index (χ1) is 9.63. The van der Waals surface area contributed by atoms with Crippen LogP contribution in [0.2, 0.25) is 10.0 Å². The number of carbonyl (C=O) groups is 1. The Hall–Kier alpha value is -0.930. The van der Waals surface area contributed by atoms with Crippen molar-refractivity contribution in [2.75, 3.05) is 18.4 Å². The van der Waals surface area contributed by atoms with Gasteiger partial charge in [-0.1, -0.05) is 55.8 Å². The highest BCUT2D eigenvalue weighted by Crippen LogP contribution is 2.24. The highest BCUT2D eigenvalue weighted by atomic mass is 35.5. The zero-order valence-electron chi connectivity index (χ0n) is 11.8. The van der Waals surface area contributed by atoms with Crippen molar-refractivity contribution in [1.29, 1.82) is 0 Å². The normalized spacial score (nSPS) is 10.3. The van der Waals surface area contributed by atoms with Crippen LogP contribution in [0.1, 0.15) is 39.0 Å². The lowest BCUT2D eigenvalue weighted by Gasteiger charge is -2.09. The Bertz CT molecular complexity index is 424. The van der Waals surface area contributed by atoms with Crippen LogP contribution in [0.5, 0.6) is 0 Å². The van der Waals surface area contributed by atoms with Crippen LogP contribution in [-0.2, 0) is 4.79 Å². The molecule has 2 N–H and O–H groups in total. The van der Waals surface area contributed by atoms with Crippen molar-refractivity contribution < 1.29 is 4.79 Å². The summed E-state index contributed by atoms with van der Waals surface area (Å²) in [5.41, 5.74) is 0.717. The van der Waals surface area contributed by atoms with E-state index in [9.17, 15) is 4.79 Å². The number of hydrogen-bond donors (Lipinski definition) is 2. The Balaban J connectivity index is 2.16. The number of anilines is 1. The molecule has 0 fully saturated rings. The molecule has 0 radical (unpaired) electrons. The molecule has 0 saturated carbocycles. The van der Waals surface area contributed by atoms with E-state index in [0.717, 1.165) is 13.0 Å². The predicted octanol–water partition coefficient (Wildman–Crippen LogP) is 4.49. The first-order valence-electron chi connectivity index (χ1n) is 7.09. The number of unbranched alkanes of at least 4 members (excludes halogenated alkanes) is 4. The molecule has 1 rings (SSSR count). The van der Waals surface area contributed by atoms with E-state index in [1.54, 1.807) is 18.2 Å². The second-order valence-electron chi connectivity index (χ2n) is 4.74. The fourth-order valence-electron chi connectivity index (χ4n) is 1.83. The monoisotopic (exact) mass is 316 g/mol. The van der Waals surface area contributed by atoms with E-state index >= 15 is 0 Å². The van der Waals surface area contributed by atoms with Crippen molar-refractivity contribution in [2.24, 2.45) is 0 Å². The van der Waals surface area contributed by atoms with E-state index in [-0.39, 0.29) is 12.5 Å². The van der Waals surface area contributed by atoms with Crippen molar-refractivity contribution in [2.45, 2.75) is 39.0 Å². The SMILES string of the molecule is CCCCCCCNC(=O)CNc1ccc(Cl)cc1Cl. The minimum atomic E-state index is -0.0218. The molecule has 0 atom stereocenters. The standard InChI is InChI=1S/C15H22Cl2N2O/c1-2-3-4-5-6-9-18-15(20)11-19-14-8-7-12(16)10-13(14)17/h7-8,10,19H,2-6,9,11H2,1H3,(H,18,20). The Labute approximate surface area is 131 Å². The molecule has 0 saturated heterocycles. The fourth-order valence-corrected chi connectivity index (χ4v) is 2.30. The number of halogens is 2. The van der Waals surface area contributed by atoms with Gasteiger partial charge in [-0.05, 0) is 24.6 Å². The van der Waals surface area contributed by atoms with Gasteiger partial charge in [0.05, 0.1) is 17.3 Å². The molecular formula is C15H22Cl2N2O. The van der Waals surface area contributed by atoms with Crippen LogP contribution in [0.4, 0.5) is 5.69 Å². The molecular weight excluding hydrogens is 295 g/mol. The maximum Gasteiger partial charge on any atom is 0.239 e. The molecule has 1 aromatic rings. The third-order valence-corrected chi connectivity index (χ3v) is 3.52. The van der Waals surface area contributed by atoms with Crippen LogP contribution in [0.25, 0.3) is 0 Å². The molecule has 20 heavy (non-hydrogen) atoms. The second kappa shape index (κ2) is 9.89. The molecule has 112 valence electrons. The van der Waals surface area contributed by atoms with Gasteiger partial charge in [0.2, 0.25) is 5.91 Å². The van der Waals surface area contributed by atoms with Crippen molar-refractivity contribution in [1.82, 2.24) is 5.32 Å². The number of hydrogen-bond acceptors (Lipinski definition) is 2. The van der Waals surface area contributed by atoms with Crippen LogP contribution < -0.4 is 10.6 Å². The summed E-state index contributed by atoms with van der Waals surface area (Å²) in [5, 5.41) is 6.99. The Morgan fingerprint density at radius 1 is 1.15 bits per heavy atom. The molecule has 1 aromatic carbocycles. The van der Waals surface area contributed by atoms with E-state index in [4.69, 9.17) is 23.2 Å². The second-order valence-corrected chi connectivity index (χ2v) is 5.59. The molecule has 0 unspecified atom stereocenters. The molecule has 3 nitrogen and oxygen atoms in total. The van der Waals surface area contributed by atoms with Crippen molar-refractivity contribution >= 4 is 34.8 Å². The van der Waals surface area contributed by atoms with Crippen molar-refractivity contribution in [3.8, 4) is 0 Å². The number of carbonyl (C=O) groups excluding carboxylic acids is 1. The third kappa shape index (κ3) is 7.01. The van der Waals surface area contributed by atoms with Gasteiger partial charge in [0.1, 0.15) is 0 Å². The summed E-state index contributed by atoms with van der Waals surface area (Å²) in [6.07, 6.45) is 5.95. The van der Waals surface area contributed by atoms with Gasteiger partial charge in [0.25, 0.3) is 0 Å². The number of rotatable bonds is 9. The molecule has 0 heterocycles. The van der Waals surface area contributed by atoms with Gasteiger partial charge in [0.15, 0.2) is 0 Å². The van der Waals surface area contributed by atoms with Gasteiger partial charge in [-0.3, -0.25) is 4.79 Å². The molecule has 0 aliphatic carbocycles. The zero-order chi connectivity index (χ0) is 14.8. The summed E-state index contributed by atoms with van der Waals surface area (Å²) in [4.78, 5) is 11.6. The van der Waals surface area contributed by atoms with Crippen LogP contribution in [-0.4, -0.2) is 19.0 Å². The van der Waals surface area contributed by atoms with E-state index in [2.05, 4.69) is 17.6 Å². The minimum absolute atomic E-state index is 0.0218.